The van der Waals surface area contributed by atoms with Gasteiger partial charge in [0.05, 0.1) is 12.1 Å². The van der Waals surface area contributed by atoms with E-state index in [1.165, 1.54) is 30.6 Å². The second kappa shape index (κ2) is 19.5. The van der Waals surface area contributed by atoms with Gasteiger partial charge in [-0.3, -0.25) is 33.6 Å². The van der Waals surface area contributed by atoms with Crippen LogP contribution < -0.4 is 26.6 Å². The lowest BCUT2D eigenvalue weighted by Gasteiger charge is -2.39. The summed E-state index contributed by atoms with van der Waals surface area (Å²) in [5.41, 5.74) is 2.05. The van der Waals surface area contributed by atoms with E-state index in [9.17, 15) is 43.5 Å². The minimum absolute atomic E-state index is 0.0340. The van der Waals surface area contributed by atoms with Crippen molar-refractivity contribution in [3.63, 3.8) is 0 Å². The number of nitrogens with one attached hydrogen (secondary N) is 5. The Kier molecular flexibility index (Phi) is 14.7. The number of anilines is 1. The van der Waals surface area contributed by atoms with Crippen LogP contribution in [0.1, 0.15) is 58.1 Å². The number of carbonyl (C=O) groups is 8. The van der Waals surface area contributed by atoms with Crippen molar-refractivity contribution in [1.82, 2.24) is 36.0 Å². The lowest BCUT2D eigenvalue weighted by atomic mass is 10.0. The minimum atomic E-state index is -1.54. The fourth-order valence-electron chi connectivity index (χ4n) is 7.84. The van der Waals surface area contributed by atoms with E-state index < -0.39 is 90.4 Å². The highest BCUT2D eigenvalue weighted by Crippen LogP contribution is 2.26. The standard InChI is InChI=1S/C41H53ClN8O9/c1-22-8-6-9-27(16-22)18-30(46-41(59)45-29-13-11-28(42)12-14-29)36(54)47-35(26(5)52)40(58)48-15-7-10-31(48)39(57)50-21-34(53)43-19-33(50)37(55)44-24(3)38(56)49-20-23(2)17-32(49)25(4)51/h6,8-9,11-14,16,23-24,26,30-33,35,52H,7,10,15,17-21H2,1-5H3,(H,43,53)(H,44,55)(H,47,54)(H2,45,46,59)/t23-,24+,26+,30+,31+,32+,33+,35+/m1/s1. The highest BCUT2D eigenvalue weighted by molar-refractivity contribution is 6.30. The zero-order chi connectivity index (χ0) is 43.1. The third kappa shape index (κ3) is 11.1. The Morgan fingerprint density at radius 2 is 1.63 bits per heavy atom. The second-order valence-corrected chi connectivity index (χ2v) is 16.2. The van der Waals surface area contributed by atoms with Crippen LogP contribution in [0, 0.1) is 12.8 Å². The number of amides is 8. The summed E-state index contributed by atoms with van der Waals surface area (Å²) < 4.78 is 0. The summed E-state index contributed by atoms with van der Waals surface area (Å²) in [6.07, 6.45) is -0.341. The largest absolute Gasteiger partial charge is 0.391 e. The molecule has 5 rings (SSSR count). The molecule has 3 saturated heterocycles. The summed E-state index contributed by atoms with van der Waals surface area (Å²) >= 11 is 5.97. The van der Waals surface area contributed by atoms with Crippen LogP contribution in [0.2, 0.25) is 5.02 Å². The number of Topliss-reactive ketones (excluding diaryl/α,β-unsaturated/α-hetero) is 1. The maximum atomic E-state index is 14.2. The number of piperazine rings is 1. The molecule has 3 aliphatic heterocycles. The second-order valence-electron chi connectivity index (χ2n) is 15.7. The molecule has 0 bridgehead atoms. The van der Waals surface area contributed by atoms with Crippen LogP contribution in [0.3, 0.4) is 0 Å². The molecule has 2 aromatic rings. The Balaban J connectivity index is 1.29. The van der Waals surface area contributed by atoms with E-state index in [-0.39, 0.29) is 37.6 Å². The molecule has 18 heteroatoms. The number of rotatable bonds is 13. The van der Waals surface area contributed by atoms with E-state index in [0.29, 0.717) is 30.1 Å². The number of aryl methyl sites for hydroxylation is 1. The van der Waals surface area contributed by atoms with Gasteiger partial charge >= 0.3 is 6.03 Å². The van der Waals surface area contributed by atoms with Crippen molar-refractivity contribution in [2.24, 2.45) is 5.92 Å². The first-order valence-electron chi connectivity index (χ1n) is 19.8. The van der Waals surface area contributed by atoms with E-state index in [4.69, 9.17) is 11.6 Å². The van der Waals surface area contributed by atoms with Gasteiger partial charge in [-0.1, -0.05) is 48.4 Å². The Bertz CT molecular complexity index is 1940. The van der Waals surface area contributed by atoms with Gasteiger partial charge in [-0.2, -0.15) is 0 Å². The zero-order valence-electron chi connectivity index (χ0n) is 33.8. The van der Waals surface area contributed by atoms with Crippen molar-refractivity contribution >= 4 is 64.5 Å². The van der Waals surface area contributed by atoms with E-state index in [1.807, 2.05) is 26.0 Å². The van der Waals surface area contributed by atoms with Crippen LogP contribution in [0.4, 0.5) is 10.5 Å². The zero-order valence-corrected chi connectivity index (χ0v) is 34.6. The SMILES string of the molecule is CC(=O)[C@@H]1C[C@@H](C)CN1C(=O)[C@H](C)NC(=O)[C@@H]1CNC(=O)CN1C(=O)[C@@H]1CCCN1C(=O)[C@@H](NC(=O)[C@H](Cc1cccc(C)c1)NC(=O)Nc1ccc(Cl)cc1)[C@H](C)O. The average Bonchev–Trinajstić information content (AvgIpc) is 3.84. The number of ketones is 1. The van der Waals surface area contributed by atoms with Crippen molar-refractivity contribution in [3.05, 3.63) is 64.7 Å². The summed E-state index contributed by atoms with van der Waals surface area (Å²) in [6.45, 7) is 7.73. The number of likely N-dealkylation sites (tertiary alicyclic amines) is 2. The molecule has 0 aromatic heterocycles. The normalized spacial score (nSPS) is 22.4. The lowest BCUT2D eigenvalue weighted by Crippen LogP contribution is -2.66. The monoisotopic (exact) mass is 836 g/mol. The van der Waals surface area contributed by atoms with Crippen molar-refractivity contribution in [3.8, 4) is 0 Å². The summed E-state index contributed by atoms with van der Waals surface area (Å²) in [5, 5.41) is 24.5. The predicted molar refractivity (Wildman–Crippen MR) is 217 cm³/mol. The molecule has 0 saturated carbocycles. The molecule has 8 atom stereocenters. The molecule has 3 heterocycles. The fourth-order valence-corrected chi connectivity index (χ4v) is 7.97. The third-order valence-corrected chi connectivity index (χ3v) is 11.1. The summed E-state index contributed by atoms with van der Waals surface area (Å²) in [4.78, 5) is 111. The number of halogens is 1. The molecule has 8 amide bonds. The molecule has 0 aliphatic carbocycles. The molecule has 0 spiro atoms. The summed E-state index contributed by atoms with van der Waals surface area (Å²) in [6, 6.07) is 6.19. The molecular formula is C41H53ClN8O9. The summed E-state index contributed by atoms with van der Waals surface area (Å²) in [5.74, 6) is -3.98. The number of hydrogen-bond donors (Lipinski definition) is 6. The van der Waals surface area contributed by atoms with Crippen molar-refractivity contribution in [2.45, 2.75) is 103 Å². The number of nitrogens with zero attached hydrogens (tertiary/aromatic N) is 3. The predicted octanol–water partition coefficient (Wildman–Crippen LogP) is 0.896. The maximum Gasteiger partial charge on any atom is 0.319 e. The Morgan fingerprint density at radius 3 is 2.29 bits per heavy atom. The molecule has 318 valence electrons. The van der Waals surface area contributed by atoms with Gasteiger partial charge in [0.2, 0.25) is 35.4 Å². The smallest absolute Gasteiger partial charge is 0.319 e. The third-order valence-electron chi connectivity index (χ3n) is 10.9. The van der Waals surface area contributed by atoms with Gasteiger partial charge < -0.3 is 46.4 Å². The topological polar surface area (TPSA) is 227 Å². The molecule has 2 aromatic carbocycles. The van der Waals surface area contributed by atoms with Crippen LogP contribution in [0.5, 0.6) is 0 Å². The number of hydrogen-bond acceptors (Lipinski definition) is 9. The molecule has 3 aliphatic rings. The molecular weight excluding hydrogens is 784 g/mol. The van der Waals surface area contributed by atoms with E-state index in [1.54, 1.807) is 36.4 Å². The number of aliphatic hydroxyl groups excluding tert-OH is 1. The minimum Gasteiger partial charge on any atom is -0.391 e. The highest BCUT2D eigenvalue weighted by atomic mass is 35.5. The van der Waals surface area contributed by atoms with Gasteiger partial charge in [0.25, 0.3) is 0 Å². The van der Waals surface area contributed by atoms with Crippen LogP contribution in [-0.4, -0.2) is 136 Å². The lowest BCUT2D eigenvalue weighted by molar-refractivity contribution is -0.153. The summed E-state index contributed by atoms with van der Waals surface area (Å²) in [7, 11) is 0. The molecule has 0 unspecified atom stereocenters. The van der Waals surface area contributed by atoms with Crippen LogP contribution in [0.25, 0.3) is 0 Å². The van der Waals surface area contributed by atoms with Gasteiger partial charge in [-0.25, -0.2) is 4.79 Å². The van der Waals surface area contributed by atoms with Crippen LogP contribution in [-0.2, 0) is 40.0 Å². The van der Waals surface area contributed by atoms with Gasteiger partial charge in [0.1, 0.15) is 36.8 Å². The van der Waals surface area contributed by atoms with Gasteiger partial charge in [0.15, 0.2) is 5.78 Å². The van der Waals surface area contributed by atoms with E-state index in [0.717, 1.165) is 16.0 Å². The van der Waals surface area contributed by atoms with Gasteiger partial charge in [-0.15, -0.1) is 0 Å². The van der Waals surface area contributed by atoms with Crippen LogP contribution in [0.15, 0.2) is 48.5 Å². The maximum absolute atomic E-state index is 14.2. The van der Waals surface area contributed by atoms with Crippen molar-refractivity contribution in [2.75, 3.05) is 31.5 Å². The first-order chi connectivity index (χ1) is 27.9. The van der Waals surface area contributed by atoms with E-state index >= 15 is 0 Å². The Labute approximate surface area is 347 Å². The first-order valence-corrected chi connectivity index (χ1v) is 20.2. The first kappa shape index (κ1) is 44.6. The van der Waals surface area contributed by atoms with Gasteiger partial charge in [0, 0.05) is 36.8 Å². The Hall–Kier alpha value is -5.55. The number of benzene rings is 2. The Morgan fingerprint density at radius 1 is 0.915 bits per heavy atom. The molecule has 3 fully saturated rings. The van der Waals surface area contributed by atoms with E-state index in [2.05, 4.69) is 26.6 Å². The van der Waals surface area contributed by atoms with Crippen LogP contribution >= 0.6 is 11.6 Å². The molecule has 6 N–H and O–H groups in total. The number of aliphatic hydroxyl groups is 1. The van der Waals surface area contributed by atoms with Crippen molar-refractivity contribution in [1.29, 1.82) is 0 Å². The quantitative estimate of drug-likeness (QED) is 0.168. The molecule has 59 heavy (non-hydrogen) atoms. The molecule has 17 nitrogen and oxygen atoms in total. The fraction of sp³-hybridized carbons (Fsp3) is 0.512. The highest BCUT2D eigenvalue weighted by Gasteiger charge is 2.46. The average molecular weight is 837 g/mol. The van der Waals surface area contributed by atoms with Gasteiger partial charge in [-0.05, 0) is 82.7 Å². The van der Waals surface area contributed by atoms with Crippen molar-refractivity contribution < 1.29 is 43.5 Å². The molecule has 0 radical (unpaired) electrons. The number of carbonyl (C=O) groups excluding carboxylic acids is 8. The number of urea groups is 1.